The molecule has 0 radical (unpaired) electrons. The lowest BCUT2D eigenvalue weighted by Gasteiger charge is -2.63. The van der Waals surface area contributed by atoms with Crippen molar-refractivity contribution < 1.29 is 15.0 Å². The highest BCUT2D eigenvalue weighted by Crippen LogP contribution is 2.63. The molecule has 3 nitrogen and oxygen atoms in total. The maximum Gasteiger partial charge on any atom is 0.328 e. The quantitative estimate of drug-likeness (QED) is 0.732. The molecule has 2 rings (SSSR count). The number of carboxylic acids is 1. The Morgan fingerprint density at radius 1 is 1.22 bits per heavy atom. The van der Waals surface area contributed by atoms with Gasteiger partial charge in [-0.25, -0.2) is 4.79 Å². The van der Waals surface area contributed by atoms with Crippen LogP contribution in [-0.2, 0) is 4.79 Å². The zero-order valence-electron chi connectivity index (χ0n) is 15.5. The summed E-state index contributed by atoms with van der Waals surface area (Å²) in [6, 6.07) is 0. The van der Waals surface area contributed by atoms with Crippen molar-refractivity contribution in [3.63, 3.8) is 0 Å². The Balaban J connectivity index is 2.27. The number of rotatable bonds is 4. The van der Waals surface area contributed by atoms with E-state index in [1.54, 1.807) is 0 Å². The van der Waals surface area contributed by atoms with Crippen molar-refractivity contribution in [1.82, 2.24) is 0 Å². The number of carboxylic acid groups (broad SMARTS) is 1. The van der Waals surface area contributed by atoms with E-state index in [4.69, 9.17) is 5.11 Å². The highest BCUT2D eigenvalue weighted by molar-refractivity contribution is 5.80. The number of allylic oxidation sites excluding steroid dienone is 1. The van der Waals surface area contributed by atoms with E-state index in [-0.39, 0.29) is 16.7 Å². The predicted molar refractivity (Wildman–Crippen MR) is 93.2 cm³/mol. The van der Waals surface area contributed by atoms with Gasteiger partial charge in [0.2, 0.25) is 0 Å². The van der Waals surface area contributed by atoms with Crippen LogP contribution in [-0.4, -0.2) is 21.8 Å². The van der Waals surface area contributed by atoms with Crippen molar-refractivity contribution in [3.05, 3.63) is 11.6 Å². The Kier molecular flexibility index (Phi) is 5.02. The van der Waals surface area contributed by atoms with Gasteiger partial charge in [-0.1, -0.05) is 39.7 Å². The van der Waals surface area contributed by atoms with E-state index in [0.29, 0.717) is 18.8 Å². The summed E-state index contributed by atoms with van der Waals surface area (Å²) in [5.41, 5.74) is 0.378. The molecule has 2 aliphatic carbocycles. The van der Waals surface area contributed by atoms with Crippen LogP contribution >= 0.6 is 0 Å². The smallest absolute Gasteiger partial charge is 0.328 e. The Morgan fingerprint density at radius 2 is 1.87 bits per heavy atom. The SMILES string of the molecule is C/C(=C\C(=O)O)CC[C@@]1(O)[C@H](C)CC[C@H]2C(C)(C)CCC[C@@]21C. The van der Waals surface area contributed by atoms with Crippen LogP contribution in [0.5, 0.6) is 0 Å². The lowest BCUT2D eigenvalue weighted by molar-refractivity contribution is -0.211. The van der Waals surface area contributed by atoms with Gasteiger partial charge in [-0.05, 0) is 68.1 Å². The van der Waals surface area contributed by atoms with Gasteiger partial charge in [0.25, 0.3) is 0 Å². The number of hydrogen-bond acceptors (Lipinski definition) is 2. The van der Waals surface area contributed by atoms with Crippen LogP contribution in [0.2, 0.25) is 0 Å². The van der Waals surface area contributed by atoms with E-state index in [0.717, 1.165) is 18.4 Å². The van der Waals surface area contributed by atoms with Gasteiger partial charge in [-0.3, -0.25) is 0 Å². The van der Waals surface area contributed by atoms with Crippen LogP contribution in [0.3, 0.4) is 0 Å². The molecule has 4 atom stereocenters. The normalized spacial score (nSPS) is 40.5. The summed E-state index contributed by atoms with van der Waals surface area (Å²) in [5, 5.41) is 20.6. The first-order chi connectivity index (χ1) is 10.5. The average Bonchev–Trinajstić information content (AvgIpc) is 2.41. The Labute approximate surface area is 141 Å². The standard InChI is InChI=1S/C20H34O3/c1-14(13-17(21)22)9-12-20(23)15(2)7-8-16-18(3,4)10-6-11-19(16,20)5/h13,15-16,23H,6-12H2,1-5H3,(H,21,22)/b14-13+/t15-,16+,19+,20-/m1/s1. The molecular formula is C20H34O3. The molecule has 0 spiro atoms. The largest absolute Gasteiger partial charge is 0.478 e. The predicted octanol–water partition coefficient (Wildman–Crippen LogP) is 4.79. The summed E-state index contributed by atoms with van der Waals surface area (Å²) in [5.74, 6) is -0.0712. The summed E-state index contributed by atoms with van der Waals surface area (Å²) in [4.78, 5) is 10.8. The van der Waals surface area contributed by atoms with E-state index in [2.05, 4.69) is 27.7 Å². The second-order valence-corrected chi connectivity index (χ2v) is 9.04. The van der Waals surface area contributed by atoms with E-state index < -0.39 is 11.6 Å². The third kappa shape index (κ3) is 3.22. The maximum absolute atomic E-state index is 11.7. The highest BCUT2D eigenvalue weighted by atomic mass is 16.4. The monoisotopic (exact) mass is 322 g/mol. The van der Waals surface area contributed by atoms with Crippen molar-refractivity contribution >= 4 is 5.97 Å². The van der Waals surface area contributed by atoms with Gasteiger partial charge in [-0.15, -0.1) is 0 Å². The van der Waals surface area contributed by atoms with Crippen LogP contribution in [0.1, 0.15) is 79.6 Å². The van der Waals surface area contributed by atoms with Gasteiger partial charge in [0, 0.05) is 6.08 Å². The summed E-state index contributed by atoms with van der Waals surface area (Å²) in [7, 11) is 0. The second kappa shape index (κ2) is 6.23. The number of aliphatic hydroxyl groups is 1. The molecule has 0 unspecified atom stereocenters. The minimum absolute atomic E-state index is 0.0596. The molecule has 2 saturated carbocycles. The molecule has 2 fully saturated rings. The molecule has 0 amide bonds. The molecule has 0 aromatic carbocycles. The van der Waals surface area contributed by atoms with E-state index in [1.807, 2.05) is 6.92 Å². The molecule has 23 heavy (non-hydrogen) atoms. The molecule has 0 aliphatic heterocycles. The van der Waals surface area contributed by atoms with Crippen LogP contribution in [0.4, 0.5) is 0 Å². The zero-order valence-corrected chi connectivity index (χ0v) is 15.5. The fourth-order valence-electron chi connectivity index (χ4n) is 5.77. The minimum atomic E-state index is -0.894. The summed E-state index contributed by atoms with van der Waals surface area (Å²) < 4.78 is 0. The van der Waals surface area contributed by atoms with Crippen LogP contribution in [0, 0.1) is 22.7 Å². The molecular weight excluding hydrogens is 288 g/mol. The van der Waals surface area contributed by atoms with Crippen molar-refractivity contribution in [2.45, 2.75) is 85.2 Å². The van der Waals surface area contributed by atoms with E-state index in [9.17, 15) is 9.90 Å². The lowest BCUT2D eigenvalue weighted by Crippen LogP contribution is -2.62. The molecule has 2 N–H and O–H groups in total. The first-order valence-corrected chi connectivity index (χ1v) is 9.15. The van der Waals surface area contributed by atoms with E-state index >= 15 is 0 Å². The van der Waals surface area contributed by atoms with Crippen LogP contribution < -0.4 is 0 Å². The van der Waals surface area contributed by atoms with Crippen molar-refractivity contribution in [1.29, 1.82) is 0 Å². The minimum Gasteiger partial charge on any atom is -0.478 e. The molecule has 0 aromatic rings. The topological polar surface area (TPSA) is 57.5 Å². The van der Waals surface area contributed by atoms with Gasteiger partial charge in [-0.2, -0.15) is 0 Å². The number of carbonyl (C=O) groups is 1. The van der Waals surface area contributed by atoms with Gasteiger partial charge in [0.05, 0.1) is 5.60 Å². The van der Waals surface area contributed by atoms with Crippen molar-refractivity contribution in [2.75, 3.05) is 0 Å². The zero-order chi connectivity index (χ0) is 17.5. The molecule has 0 aromatic heterocycles. The molecule has 0 saturated heterocycles. The highest BCUT2D eigenvalue weighted by Gasteiger charge is 2.60. The maximum atomic E-state index is 11.7. The van der Waals surface area contributed by atoms with Crippen molar-refractivity contribution in [3.8, 4) is 0 Å². The van der Waals surface area contributed by atoms with Gasteiger partial charge in [0.1, 0.15) is 0 Å². The summed E-state index contributed by atoms with van der Waals surface area (Å²) in [6.07, 6.45) is 8.40. The Bertz CT molecular complexity index is 493. The molecule has 132 valence electrons. The fraction of sp³-hybridized carbons (Fsp3) is 0.850. The van der Waals surface area contributed by atoms with E-state index in [1.165, 1.54) is 25.3 Å². The third-order valence-electron chi connectivity index (χ3n) is 7.19. The molecule has 0 heterocycles. The van der Waals surface area contributed by atoms with Gasteiger partial charge in [0.15, 0.2) is 0 Å². The summed E-state index contributed by atoms with van der Waals surface area (Å²) in [6.45, 7) is 11.1. The lowest BCUT2D eigenvalue weighted by atomic mass is 9.44. The Morgan fingerprint density at radius 3 is 2.48 bits per heavy atom. The Hall–Kier alpha value is -0.830. The fourth-order valence-corrected chi connectivity index (χ4v) is 5.77. The number of hydrogen-bond donors (Lipinski definition) is 2. The second-order valence-electron chi connectivity index (χ2n) is 9.04. The third-order valence-corrected chi connectivity index (χ3v) is 7.19. The van der Waals surface area contributed by atoms with Crippen LogP contribution in [0.15, 0.2) is 11.6 Å². The van der Waals surface area contributed by atoms with Gasteiger partial charge >= 0.3 is 5.97 Å². The van der Waals surface area contributed by atoms with Crippen molar-refractivity contribution in [2.24, 2.45) is 22.7 Å². The first-order valence-electron chi connectivity index (χ1n) is 9.15. The van der Waals surface area contributed by atoms with Crippen LogP contribution in [0.25, 0.3) is 0 Å². The molecule has 3 heteroatoms. The number of aliphatic carboxylic acids is 1. The molecule has 0 bridgehead atoms. The first kappa shape index (κ1) is 18.5. The average molecular weight is 322 g/mol. The summed E-state index contributed by atoms with van der Waals surface area (Å²) >= 11 is 0. The molecule has 2 aliphatic rings. The number of fused-ring (bicyclic) bond motifs is 1. The van der Waals surface area contributed by atoms with Gasteiger partial charge < -0.3 is 10.2 Å².